The summed E-state index contributed by atoms with van der Waals surface area (Å²) >= 11 is 11.9. The summed E-state index contributed by atoms with van der Waals surface area (Å²) in [5.74, 6) is 0. The quantitative estimate of drug-likeness (QED) is 0.866. The number of carbonyl (C=O) groups excluding carboxylic acids is 1. The second kappa shape index (κ2) is 5.77. The molecular weight excluding hydrogens is 325 g/mol. The van der Waals surface area contributed by atoms with Gasteiger partial charge in [-0.15, -0.1) is 0 Å². The first kappa shape index (κ1) is 15.4. The molecule has 1 aliphatic rings. The van der Waals surface area contributed by atoms with Gasteiger partial charge in [0.25, 0.3) is 0 Å². The summed E-state index contributed by atoms with van der Waals surface area (Å²) in [7, 11) is -3.90. The molecule has 1 aromatic carbocycles. The summed E-state index contributed by atoms with van der Waals surface area (Å²) in [4.78, 5) is 13.4. The van der Waals surface area contributed by atoms with E-state index in [1.54, 1.807) is 4.90 Å². The number of urea groups is 1. The van der Waals surface area contributed by atoms with Gasteiger partial charge in [0.2, 0.25) is 10.0 Å². The number of nitrogens with one attached hydrogen (secondary N) is 1. The van der Waals surface area contributed by atoms with Crippen LogP contribution >= 0.6 is 23.2 Å². The highest BCUT2D eigenvalue weighted by atomic mass is 35.5. The summed E-state index contributed by atoms with van der Waals surface area (Å²) in [5, 5.41) is 7.64. The summed E-state index contributed by atoms with van der Waals surface area (Å²) in [5.41, 5.74) is 0.178. The van der Waals surface area contributed by atoms with Crippen molar-refractivity contribution >= 4 is 44.9 Å². The van der Waals surface area contributed by atoms with E-state index >= 15 is 0 Å². The van der Waals surface area contributed by atoms with Crippen molar-refractivity contribution in [2.75, 3.05) is 18.4 Å². The van der Waals surface area contributed by atoms with E-state index in [9.17, 15) is 13.2 Å². The summed E-state index contributed by atoms with van der Waals surface area (Å²) < 4.78 is 22.5. The first-order valence-electron chi connectivity index (χ1n) is 5.87. The molecule has 0 radical (unpaired) electrons. The fourth-order valence-corrected chi connectivity index (χ4v) is 3.21. The molecule has 1 saturated heterocycles. The molecule has 20 heavy (non-hydrogen) atoms. The molecule has 6 nitrogen and oxygen atoms in total. The normalized spacial score (nSPS) is 15.4. The van der Waals surface area contributed by atoms with Crippen LogP contribution in [0.4, 0.5) is 10.5 Å². The van der Waals surface area contributed by atoms with Crippen LogP contribution in [0.2, 0.25) is 10.0 Å². The molecule has 2 rings (SSSR count). The molecule has 0 aromatic heterocycles. The maximum absolute atomic E-state index is 12.0. The molecule has 0 saturated carbocycles. The second-order valence-corrected chi connectivity index (χ2v) is 6.81. The van der Waals surface area contributed by atoms with Crippen LogP contribution in [0, 0.1) is 0 Å². The fraction of sp³-hybridized carbons (Fsp3) is 0.364. The molecule has 2 amide bonds. The molecule has 1 fully saturated rings. The second-order valence-electron chi connectivity index (χ2n) is 4.43. The zero-order chi connectivity index (χ0) is 14.9. The van der Waals surface area contributed by atoms with Crippen molar-refractivity contribution in [2.45, 2.75) is 17.7 Å². The molecule has 1 aliphatic heterocycles. The van der Waals surface area contributed by atoms with Crippen molar-refractivity contribution in [2.24, 2.45) is 5.14 Å². The number of primary sulfonamides is 1. The van der Waals surface area contributed by atoms with Gasteiger partial charge in [-0.1, -0.05) is 23.2 Å². The van der Waals surface area contributed by atoms with Crippen LogP contribution in [0.5, 0.6) is 0 Å². The number of sulfonamides is 1. The molecule has 0 aliphatic carbocycles. The van der Waals surface area contributed by atoms with Crippen LogP contribution in [-0.4, -0.2) is 32.4 Å². The molecule has 0 spiro atoms. The van der Waals surface area contributed by atoms with Gasteiger partial charge in [-0.05, 0) is 25.0 Å². The van der Waals surface area contributed by atoms with E-state index in [1.807, 2.05) is 0 Å². The lowest BCUT2D eigenvalue weighted by Crippen LogP contribution is -2.32. The van der Waals surface area contributed by atoms with Crippen molar-refractivity contribution in [1.82, 2.24) is 4.90 Å². The number of nitrogens with two attached hydrogens (primary N) is 1. The Bertz CT molecular complexity index is 619. The summed E-state index contributed by atoms with van der Waals surface area (Å²) in [6.45, 7) is 1.35. The zero-order valence-corrected chi connectivity index (χ0v) is 12.7. The maximum Gasteiger partial charge on any atom is 0.321 e. The van der Waals surface area contributed by atoms with Crippen molar-refractivity contribution in [3.63, 3.8) is 0 Å². The molecule has 1 aromatic rings. The minimum atomic E-state index is -3.90. The lowest BCUT2D eigenvalue weighted by molar-refractivity contribution is 0.222. The third-order valence-corrected chi connectivity index (χ3v) is 4.46. The molecule has 0 bridgehead atoms. The average Bonchev–Trinajstić information content (AvgIpc) is 2.85. The smallest absolute Gasteiger partial charge is 0.321 e. The standard InChI is InChI=1S/C11H13Cl2N3O3S/c12-8-5-7(20(14,18)19)6-9(13)10(8)15-11(17)16-3-1-2-4-16/h5-6H,1-4H2,(H,15,17)(H2,14,18,19). The number of anilines is 1. The Morgan fingerprint density at radius 2 is 1.70 bits per heavy atom. The predicted octanol–water partition coefficient (Wildman–Crippen LogP) is 2.27. The summed E-state index contributed by atoms with van der Waals surface area (Å²) in [6.07, 6.45) is 1.92. The number of nitrogens with zero attached hydrogens (tertiary/aromatic N) is 1. The third-order valence-electron chi connectivity index (χ3n) is 2.97. The number of hydrogen-bond acceptors (Lipinski definition) is 3. The van der Waals surface area contributed by atoms with Gasteiger partial charge < -0.3 is 10.2 Å². The van der Waals surface area contributed by atoms with E-state index in [-0.39, 0.29) is 26.7 Å². The molecule has 3 N–H and O–H groups in total. The number of rotatable bonds is 2. The van der Waals surface area contributed by atoms with Crippen molar-refractivity contribution < 1.29 is 13.2 Å². The van der Waals surface area contributed by atoms with Gasteiger partial charge in [-0.3, -0.25) is 0 Å². The van der Waals surface area contributed by atoms with Gasteiger partial charge in [-0.25, -0.2) is 18.4 Å². The maximum atomic E-state index is 12.0. The number of amides is 2. The molecule has 110 valence electrons. The fourth-order valence-electron chi connectivity index (χ4n) is 1.94. The first-order chi connectivity index (χ1) is 9.29. The van der Waals surface area contributed by atoms with Gasteiger partial charge >= 0.3 is 6.03 Å². The van der Waals surface area contributed by atoms with Crippen LogP contribution < -0.4 is 10.5 Å². The van der Waals surface area contributed by atoms with E-state index in [2.05, 4.69) is 5.32 Å². The van der Waals surface area contributed by atoms with E-state index in [4.69, 9.17) is 28.3 Å². The Hall–Kier alpha value is -1.02. The number of halogens is 2. The molecule has 0 atom stereocenters. The molecular formula is C11H13Cl2N3O3S. The van der Waals surface area contributed by atoms with Gasteiger partial charge in [0.05, 0.1) is 20.6 Å². The van der Waals surface area contributed by atoms with Gasteiger partial charge in [0.1, 0.15) is 0 Å². The van der Waals surface area contributed by atoms with Crippen LogP contribution in [0.3, 0.4) is 0 Å². The zero-order valence-electron chi connectivity index (χ0n) is 10.4. The highest BCUT2D eigenvalue weighted by Gasteiger charge is 2.21. The number of likely N-dealkylation sites (tertiary alicyclic amines) is 1. The van der Waals surface area contributed by atoms with Crippen molar-refractivity contribution in [1.29, 1.82) is 0 Å². The first-order valence-corrected chi connectivity index (χ1v) is 8.17. The third kappa shape index (κ3) is 3.35. The van der Waals surface area contributed by atoms with Gasteiger partial charge in [0, 0.05) is 13.1 Å². The monoisotopic (exact) mass is 337 g/mol. The number of hydrogen-bond donors (Lipinski definition) is 2. The highest BCUT2D eigenvalue weighted by Crippen LogP contribution is 2.33. The lowest BCUT2D eigenvalue weighted by Gasteiger charge is -2.18. The topological polar surface area (TPSA) is 92.5 Å². The highest BCUT2D eigenvalue weighted by molar-refractivity contribution is 7.89. The predicted molar refractivity (Wildman–Crippen MR) is 77.7 cm³/mol. The minimum absolute atomic E-state index is 0.0223. The van der Waals surface area contributed by atoms with Gasteiger partial charge in [0.15, 0.2) is 0 Å². The van der Waals surface area contributed by atoms with Crippen LogP contribution in [0.25, 0.3) is 0 Å². The van der Waals surface area contributed by atoms with Crippen LogP contribution in [-0.2, 0) is 10.0 Å². The van der Waals surface area contributed by atoms with E-state index in [0.29, 0.717) is 13.1 Å². The Morgan fingerprint density at radius 1 is 1.20 bits per heavy atom. The van der Waals surface area contributed by atoms with E-state index in [1.165, 1.54) is 0 Å². The number of carbonyl (C=O) groups is 1. The lowest BCUT2D eigenvalue weighted by atomic mass is 10.3. The Morgan fingerprint density at radius 3 is 2.15 bits per heavy atom. The summed E-state index contributed by atoms with van der Waals surface area (Å²) in [6, 6.07) is 2.00. The Balaban J connectivity index is 2.26. The van der Waals surface area contributed by atoms with Gasteiger partial charge in [-0.2, -0.15) is 0 Å². The molecule has 1 heterocycles. The molecule has 0 unspecified atom stereocenters. The Kier molecular flexibility index (Phi) is 4.43. The van der Waals surface area contributed by atoms with Crippen molar-refractivity contribution in [3.8, 4) is 0 Å². The molecule has 9 heteroatoms. The van der Waals surface area contributed by atoms with E-state index < -0.39 is 10.0 Å². The minimum Gasteiger partial charge on any atom is -0.325 e. The largest absolute Gasteiger partial charge is 0.325 e. The SMILES string of the molecule is NS(=O)(=O)c1cc(Cl)c(NC(=O)N2CCCC2)c(Cl)c1. The van der Waals surface area contributed by atoms with Crippen molar-refractivity contribution in [3.05, 3.63) is 22.2 Å². The average molecular weight is 338 g/mol. The van der Waals surface area contributed by atoms with Crippen LogP contribution in [0.15, 0.2) is 17.0 Å². The Labute approximate surface area is 126 Å². The number of benzene rings is 1. The van der Waals surface area contributed by atoms with E-state index in [0.717, 1.165) is 25.0 Å². The van der Waals surface area contributed by atoms with Crippen LogP contribution in [0.1, 0.15) is 12.8 Å².